The Morgan fingerprint density at radius 1 is 0.935 bits per heavy atom. The summed E-state index contributed by atoms with van der Waals surface area (Å²) < 4.78 is 37.2. The molecule has 0 fully saturated rings. The van der Waals surface area contributed by atoms with E-state index in [-0.39, 0.29) is 11.6 Å². The molecule has 5 nitrogen and oxygen atoms in total. The van der Waals surface area contributed by atoms with Crippen LogP contribution in [0, 0.1) is 11.6 Å². The third-order valence-electron chi connectivity index (χ3n) is 5.67. The number of anilines is 1. The molecule has 152 valence electrons. The van der Waals surface area contributed by atoms with E-state index in [1.54, 1.807) is 28.9 Å². The summed E-state index contributed by atoms with van der Waals surface area (Å²) in [5.74, 6) is 0.430. The van der Waals surface area contributed by atoms with Gasteiger partial charge in [-0.2, -0.15) is 10.1 Å². The number of rotatable bonds is 2. The van der Waals surface area contributed by atoms with Crippen LogP contribution < -0.4 is 10.1 Å². The third-order valence-corrected chi connectivity index (χ3v) is 5.67. The number of ether oxygens (including phenoxy) is 1. The lowest BCUT2D eigenvalue weighted by atomic mass is 9.84. The molecule has 2 aliphatic heterocycles. The average Bonchev–Trinajstić information content (AvgIpc) is 3.26. The molecular weight excluding hydrogens is 398 g/mol. The summed E-state index contributed by atoms with van der Waals surface area (Å²) in [6.45, 7) is 0. The molecule has 0 bridgehead atoms. The normalized spacial score (nSPS) is 19.0. The molecule has 4 aromatic rings. The number of para-hydroxylation sites is 1. The van der Waals surface area contributed by atoms with E-state index in [0.29, 0.717) is 22.8 Å². The zero-order valence-corrected chi connectivity index (χ0v) is 16.2. The standard InChI is InChI=1S/C24H16F2N4O/c25-15-7-5-6-14(12-15)23-20-21(17-9-2-4-11-19(17)31-23)29-24-27-13-28-30(24)22(20)16-8-1-3-10-18(16)26/h1-13,22-23H,(H,27,28,29)/t22-,23+/m0/s1. The van der Waals surface area contributed by atoms with Crippen molar-refractivity contribution in [2.24, 2.45) is 0 Å². The van der Waals surface area contributed by atoms with Gasteiger partial charge >= 0.3 is 0 Å². The van der Waals surface area contributed by atoms with Crippen molar-refractivity contribution in [1.82, 2.24) is 14.8 Å². The van der Waals surface area contributed by atoms with Crippen molar-refractivity contribution in [2.75, 3.05) is 5.32 Å². The van der Waals surface area contributed by atoms with Crippen molar-refractivity contribution in [3.8, 4) is 5.75 Å². The second kappa shape index (κ2) is 6.77. The first-order chi connectivity index (χ1) is 15.2. The zero-order chi connectivity index (χ0) is 20.9. The number of halogens is 2. The minimum Gasteiger partial charge on any atom is -0.480 e. The Bertz CT molecular complexity index is 1350. The third kappa shape index (κ3) is 2.73. The molecule has 0 amide bonds. The van der Waals surface area contributed by atoms with Gasteiger partial charge in [0.25, 0.3) is 0 Å². The lowest BCUT2D eigenvalue weighted by Crippen LogP contribution is -2.32. The highest BCUT2D eigenvalue weighted by Gasteiger charge is 2.41. The average molecular weight is 414 g/mol. The Balaban J connectivity index is 1.66. The molecule has 2 aliphatic rings. The first-order valence-electron chi connectivity index (χ1n) is 9.87. The van der Waals surface area contributed by atoms with E-state index in [4.69, 9.17) is 4.74 Å². The van der Waals surface area contributed by atoms with Crippen LogP contribution in [0.15, 0.2) is 84.7 Å². The molecule has 0 unspecified atom stereocenters. The van der Waals surface area contributed by atoms with Crippen molar-refractivity contribution in [1.29, 1.82) is 0 Å². The summed E-state index contributed by atoms with van der Waals surface area (Å²) in [6.07, 6.45) is 0.786. The van der Waals surface area contributed by atoms with Gasteiger partial charge in [0, 0.05) is 16.7 Å². The second-order valence-corrected chi connectivity index (χ2v) is 7.46. The Hall–Kier alpha value is -4.00. The molecule has 1 aromatic heterocycles. The number of benzene rings is 3. The summed E-state index contributed by atoms with van der Waals surface area (Å²) in [5.41, 5.74) is 3.42. The fourth-order valence-corrected chi connectivity index (χ4v) is 4.36. The molecule has 1 N–H and O–H groups in total. The first-order valence-corrected chi connectivity index (χ1v) is 9.87. The Morgan fingerprint density at radius 3 is 2.65 bits per heavy atom. The minimum atomic E-state index is -0.643. The van der Waals surface area contributed by atoms with Gasteiger partial charge in [0.15, 0.2) is 0 Å². The monoisotopic (exact) mass is 414 g/mol. The van der Waals surface area contributed by atoms with Gasteiger partial charge in [-0.25, -0.2) is 13.5 Å². The fourth-order valence-electron chi connectivity index (χ4n) is 4.36. The Morgan fingerprint density at radius 2 is 1.77 bits per heavy atom. The van der Waals surface area contributed by atoms with E-state index in [1.165, 1.54) is 24.5 Å². The summed E-state index contributed by atoms with van der Waals surface area (Å²) in [4.78, 5) is 4.32. The van der Waals surface area contributed by atoms with Crippen LogP contribution in [0.5, 0.6) is 5.75 Å². The van der Waals surface area contributed by atoms with Crippen molar-refractivity contribution in [3.05, 3.63) is 113 Å². The number of nitrogens with zero attached hydrogens (tertiary/aromatic N) is 3. The van der Waals surface area contributed by atoms with Gasteiger partial charge < -0.3 is 10.1 Å². The van der Waals surface area contributed by atoms with Crippen LogP contribution in [-0.2, 0) is 0 Å². The highest BCUT2D eigenvalue weighted by Crippen LogP contribution is 2.50. The van der Waals surface area contributed by atoms with E-state index in [9.17, 15) is 4.39 Å². The van der Waals surface area contributed by atoms with E-state index in [1.807, 2.05) is 30.3 Å². The van der Waals surface area contributed by atoms with Crippen LogP contribution >= 0.6 is 0 Å². The lowest BCUT2D eigenvalue weighted by Gasteiger charge is -2.39. The molecule has 0 radical (unpaired) electrons. The quantitative estimate of drug-likeness (QED) is 0.495. The van der Waals surface area contributed by atoms with Crippen LogP contribution in [0.4, 0.5) is 14.7 Å². The summed E-state index contributed by atoms with van der Waals surface area (Å²) in [6, 6.07) is 19.8. The van der Waals surface area contributed by atoms with Gasteiger partial charge in [-0.05, 0) is 35.9 Å². The maximum absolute atomic E-state index is 15.0. The number of nitrogens with one attached hydrogen (secondary N) is 1. The van der Waals surface area contributed by atoms with Crippen molar-refractivity contribution in [3.63, 3.8) is 0 Å². The van der Waals surface area contributed by atoms with Crippen molar-refractivity contribution >= 4 is 11.6 Å². The summed E-state index contributed by atoms with van der Waals surface area (Å²) >= 11 is 0. The van der Waals surface area contributed by atoms with Gasteiger partial charge in [-0.15, -0.1) is 0 Å². The summed E-state index contributed by atoms with van der Waals surface area (Å²) in [7, 11) is 0. The number of hydrogen-bond donors (Lipinski definition) is 1. The topological polar surface area (TPSA) is 52.0 Å². The zero-order valence-electron chi connectivity index (χ0n) is 16.2. The molecule has 31 heavy (non-hydrogen) atoms. The first kappa shape index (κ1) is 17.8. The molecule has 6 rings (SSSR count). The number of fused-ring (bicyclic) bond motifs is 3. The number of hydrogen-bond acceptors (Lipinski definition) is 4. The van der Waals surface area contributed by atoms with Gasteiger partial charge in [-0.1, -0.05) is 42.5 Å². The van der Waals surface area contributed by atoms with E-state index in [0.717, 1.165) is 16.8 Å². The van der Waals surface area contributed by atoms with Gasteiger partial charge in [0.05, 0.1) is 5.70 Å². The van der Waals surface area contributed by atoms with Gasteiger partial charge in [-0.3, -0.25) is 0 Å². The van der Waals surface area contributed by atoms with Crippen molar-refractivity contribution in [2.45, 2.75) is 12.1 Å². The van der Waals surface area contributed by atoms with Crippen LogP contribution in [-0.4, -0.2) is 14.8 Å². The highest BCUT2D eigenvalue weighted by molar-refractivity contribution is 5.85. The predicted molar refractivity (Wildman–Crippen MR) is 111 cm³/mol. The molecular formula is C24H16F2N4O. The lowest BCUT2D eigenvalue weighted by molar-refractivity contribution is 0.222. The fraction of sp³-hybridized carbons (Fsp3) is 0.0833. The maximum atomic E-state index is 15.0. The van der Waals surface area contributed by atoms with E-state index in [2.05, 4.69) is 15.4 Å². The van der Waals surface area contributed by atoms with Gasteiger partial charge in [0.2, 0.25) is 5.95 Å². The van der Waals surface area contributed by atoms with Crippen LogP contribution in [0.1, 0.15) is 28.8 Å². The van der Waals surface area contributed by atoms with Crippen LogP contribution in [0.2, 0.25) is 0 Å². The van der Waals surface area contributed by atoms with Crippen molar-refractivity contribution < 1.29 is 13.5 Å². The van der Waals surface area contributed by atoms with E-state index >= 15 is 4.39 Å². The number of aromatic nitrogens is 3. The smallest absolute Gasteiger partial charge is 0.226 e. The molecule has 3 heterocycles. The molecule has 0 saturated heterocycles. The summed E-state index contributed by atoms with van der Waals surface area (Å²) in [5, 5.41) is 7.70. The van der Waals surface area contributed by atoms with Crippen LogP contribution in [0.3, 0.4) is 0 Å². The predicted octanol–water partition coefficient (Wildman–Crippen LogP) is 5.12. The SMILES string of the molecule is Fc1cccc([C@H]2Oc3ccccc3C3=C2[C@H](c2ccccc2F)n2ncnc2N3)c1. The molecule has 7 heteroatoms. The molecule has 0 spiro atoms. The molecule has 0 saturated carbocycles. The molecule has 0 aliphatic carbocycles. The van der Waals surface area contributed by atoms with Crippen LogP contribution in [0.25, 0.3) is 5.70 Å². The van der Waals surface area contributed by atoms with E-state index < -0.39 is 12.1 Å². The Kier molecular flexibility index (Phi) is 3.89. The second-order valence-electron chi connectivity index (χ2n) is 7.46. The van der Waals surface area contributed by atoms with Gasteiger partial charge in [0.1, 0.15) is 35.9 Å². The highest BCUT2D eigenvalue weighted by atomic mass is 19.1. The largest absolute Gasteiger partial charge is 0.480 e. The molecule has 3 aromatic carbocycles. The Labute approximate surface area is 176 Å². The molecule has 2 atom stereocenters. The maximum Gasteiger partial charge on any atom is 0.226 e. The minimum absolute atomic E-state index is 0.362.